The van der Waals surface area contributed by atoms with Crippen molar-refractivity contribution in [2.75, 3.05) is 18.4 Å². The number of thiophene rings is 1. The van der Waals surface area contributed by atoms with Crippen LogP contribution in [0.1, 0.15) is 10.4 Å². The van der Waals surface area contributed by atoms with E-state index < -0.39 is 0 Å². The van der Waals surface area contributed by atoms with Crippen molar-refractivity contribution < 1.29 is 4.79 Å². The number of anilines is 1. The van der Waals surface area contributed by atoms with E-state index in [2.05, 4.69) is 26.7 Å². The van der Waals surface area contributed by atoms with E-state index in [9.17, 15) is 4.79 Å². The van der Waals surface area contributed by atoms with Crippen molar-refractivity contribution in [3.05, 3.63) is 65.9 Å². The van der Waals surface area contributed by atoms with Crippen LogP contribution >= 0.6 is 11.3 Å². The molecule has 0 radical (unpaired) electrons. The van der Waals surface area contributed by atoms with Crippen molar-refractivity contribution in [1.82, 2.24) is 14.9 Å². The number of amides is 1. The second kappa shape index (κ2) is 6.41. The molecule has 120 valence electrons. The highest BCUT2D eigenvalue weighted by Crippen LogP contribution is 2.25. The molecule has 2 aromatic heterocycles. The molecule has 1 aliphatic rings. The molecule has 1 amide bonds. The van der Waals surface area contributed by atoms with Gasteiger partial charge >= 0.3 is 0 Å². The molecule has 0 unspecified atom stereocenters. The lowest BCUT2D eigenvalue weighted by Gasteiger charge is -2.39. The fourth-order valence-electron chi connectivity index (χ4n) is 2.72. The van der Waals surface area contributed by atoms with Crippen LogP contribution in [0.5, 0.6) is 0 Å². The third kappa shape index (κ3) is 3.00. The van der Waals surface area contributed by atoms with Crippen LogP contribution in [0.25, 0.3) is 10.4 Å². The molecule has 0 bridgehead atoms. The molecule has 5 nitrogen and oxygen atoms in total. The minimum atomic E-state index is 0.0740. The molecule has 3 aromatic rings. The molecule has 1 fully saturated rings. The van der Waals surface area contributed by atoms with Gasteiger partial charge in [0.2, 0.25) is 0 Å². The van der Waals surface area contributed by atoms with E-state index in [0.29, 0.717) is 13.1 Å². The van der Waals surface area contributed by atoms with Gasteiger partial charge in [-0.1, -0.05) is 18.2 Å². The molecule has 1 N–H and O–H groups in total. The second-order valence-electron chi connectivity index (χ2n) is 5.70. The number of carbonyl (C=O) groups is 1. The van der Waals surface area contributed by atoms with Crippen molar-refractivity contribution in [3.8, 4) is 10.4 Å². The Morgan fingerprint density at radius 3 is 2.67 bits per heavy atom. The van der Waals surface area contributed by atoms with Crippen molar-refractivity contribution in [2.45, 2.75) is 6.04 Å². The average Bonchev–Trinajstić information content (AvgIpc) is 3.13. The van der Waals surface area contributed by atoms with Crippen LogP contribution in [0.3, 0.4) is 0 Å². The maximum atomic E-state index is 12.5. The lowest BCUT2D eigenvalue weighted by Crippen LogP contribution is -2.57. The van der Waals surface area contributed by atoms with Gasteiger partial charge in [-0.15, -0.1) is 11.3 Å². The zero-order chi connectivity index (χ0) is 16.4. The van der Waals surface area contributed by atoms with Gasteiger partial charge in [-0.05, 0) is 29.1 Å². The zero-order valence-electron chi connectivity index (χ0n) is 12.9. The van der Waals surface area contributed by atoms with Gasteiger partial charge in [0.1, 0.15) is 5.82 Å². The summed E-state index contributed by atoms with van der Waals surface area (Å²) in [6.45, 7) is 1.37. The van der Waals surface area contributed by atoms with Crippen LogP contribution in [-0.2, 0) is 0 Å². The summed E-state index contributed by atoms with van der Waals surface area (Å²) in [5.74, 6) is 0.819. The molecule has 24 heavy (non-hydrogen) atoms. The highest BCUT2D eigenvalue weighted by molar-refractivity contribution is 7.13. The number of hydrogen-bond donors (Lipinski definition) is 1. The van der Waals surface area contributed by atoms with E-state index in [-0.39, 0.29) is 11.9 Å². The normalized spacial score (nSPS) is 14.2. The molecule has 1 saturated heterocycles. The molecular weight excluding hydrogens is 320 g/mol. The Kier molecular flexibility index (Phi) is 3.96. The largest absolute Gasteiger partial charge is 0.362 e. The maximum Gasteiger partial charge on any atom is 0.253 e. The average molecular weight is 336 g/mol. The Morgan fingerprint density at radius 1 is 1.17 bits per heavy atom. The number of carbonyl (C=O) groups excluding carboxylic acids is 1. The molecule has 0 atom stereocenters. The molecule has 1 aliphatic heterocycles. The van der Waals surface area contributed by atoms with Crippen molar-refractivity contribution in [2.24, 2.45) is 0 Å². The number of nitrogens with one attached hydrogen (secondary N) is 1. The number of hydrogen-bond acceptors (Lipinski definition) is 5. The summed E-state index contributed by atoms with van der Waals surface area (Å²) in [6.07, 6.45) is 4.98. The zero-order valence-corrected chi connectivity index (χ0v) is 13.7. The van der Waals surface area contributed by atoms with Gasteiger partial charge < -0.3 is 10.2 Å². The number of likely N-dealkylation sites (tertiary alicyclic amines) is 1. The van der Waals surface area contributed by atoms with Crippen molar-refractivity contribution in [1.29, 1.82) is 0 Å². The second-order valence-corrected chi connectivity index (χ2v) is 6.64. The summed E-state index contributed by atoms with van der Waals surface area (Å²) in [7, 11) is 0. The van der Waals surface area contributed by atoms with E-state index in [1.165, 1.54) is 4.88 Å². The molecule has 0 spiro atoms. The summed E-state index contributed by atoms with van der Waals surface area (Å²) in [5.41, 5.74) is 1.88. The predicted octanol–water partition coefficient (Wildman–Crippen LogP) is 3.14. The van der Waals surface area contributed by atoms with E-state index in [0.717, 1.165) is 16.9 Å². The lowest BCUT2D eigenvalue weighted by molar-refractivity contribution is 0.0625. The van der Waals surface area contributed by atoms with Crippen LogP contribution in [-0.4, -0.2) is 39.9 Å². The van der Waals surface area contributed by atoms with Gasteiger partial charge in [0.25, 0.3) is 5.91 Å². The van der Waals surface area contributed by atoms with E-state index in [4.69, 9.17) is 0 Å². The lowest BCUT2D eigenvalue weighted by atomic mass is 10.0. The predicted molar refractivity (Wildman–Crippen MR) is 95.1 cm³/mol. The summed E-state index contributed by atoms with van der Waals surface area (Å²) < 4.78 is 0. The standard InChI is InChI=1S/C18H16N4OS/c23-18(14-5-3-13(4-6-14)16-2-1-9-24-16)22-11-15(12-22)21-17-10-19-7-8-20-17/h1-10,15H,11-12H2,(H,20,21). The Bertz CT molecular complexity index is 812. The molecule has 6 heteroatoms. The number of aromatic nitrogens is 2. The highest BCUT2D eigenvalue weighted by atomic mass is 32.1. The van der Waals surface area contributed by atoms with Crippen molar-refractivity contribution in [3.63, 3.8) is 0 Å². The first-order valence-electron chi connectivity index (χ1n) is 7.75. The monoisotopic (exact) mass is 336 g/mol. The van der Waals surface area contributed by atoms with Gasteiger partial charge in [0, 0.05) is 35.9 Å². The van der Waals surface area contributed by atoms with Gasteiger partial charge in [-0.2, -0.15) is 0 Å². The molecule has 0 saturated carbocycles. The topological polar surface area (TPSA) is 58.1 Å². The molecule has 4 rings (SSSR count). The third-order valence-electron chi connectivity index (χ3n) is 4.02. The molecule has 3 heterocycles. The number of rotatable bonds is 4. The van der Waals surface area contributed by atoms with Crippen molar-refractivity contribution >= 4 is 23.1 Å². The SMILES string of the molecule is O=C(c1ccc(-c2cccs2)cc1)N1CC(Nc2cnccn2)C1. The molecular formula is C18H16N4OS. The Hall–Kier alpha value is -2.73. The van der Waals surface area contributed by atoms with Gasteiger partial charge in [-0.25, -0.2) is 4.98 Å². The van der Waals surface area contributed by atoms with E-state index in [1.807, 2.05) is 35.2 Å². The minimum absolute atomic E-state index is 0.0740. The fraction of sp³-hybridized carbons (Fsp3) is 0.167. The first-order valence-corrected chi connectivity index (χ1v) is 8.63. The Labute approximate surface area is 144 Å². The third-order valence-corrected chi connectivity index (χ3v) is 4.94. The summed E-state index contributed by atoms with van der Waals surface area (Å²) in [6, 6.07) is 12.2. The van der Waals surface area contributed by atoms with Gasteiger partial charge in [-0.3, -0.25) is 9.78 Å². The summed E-state index contributed by atoms with van der Waals surface area (Å²) in [5, 5.41) is 5.33. The molecule has 0 aliphatic carbocycles. The smallest absolute Gasteiger partial charge is 0.253 e. The maximum absolute atomic E-state index is 12.5. The Balaban J connectivity index is 1.35. The van der Waals surface area contributed by atoms with Crippen LogP contribution in [0.2, 0.25) is 0 Å². The summed E-state index contributed by atoms with van der Waals surface area (Å²) >= 11 is 1.70. The first-order chi connectivity index (χ1) is 11.8. The van der Waals surface area contributed by atoms with E-state index >= 15 is 0 Å². The van der Waals surface area contributed by atoms with Crippen LogP contribution in [0, 0.1) is 0 Å². The number of nitrogens with zero attached hydrogens (tertiary/aromatic N) is 3. The fourth-order valence-corrected chi connectivity index (χ4v) is 3.45. The van der Waals surface area contributed by atoms with Crippen LogP contribution in [0.4, 0.5) is 5.82 Å². The Morgan fingerprint density at radius 2 is 2.00 bits per heavy atom. The van der Waals surface area contributed by atoms with Gasteiger partial charge in [0.15, 0.2) is 0 Å². The van der Waals surface area contributed by atoms with Crippen LogP contribution < -0.4 is 5.32 Å². The number of benzene rings is 1. The highest BCUT2D eigenvalue weighted by Gasteiger charge is 2.31. The van der Waals surface area contributed by atoms with E-state index in [1.54, 1.807) is 29.9 Å². The van der Waals surface area contributed by atoms with Crippen LogP contribution in [0.15, 0.2) is 60.4 Å². The molecule has 1 aromatic carbocycles. The quantitative estimate of drug-likeness (QED) is 0.795. The summed E-state index contributed by atoms with van der Waals surface area (Å²) in [4.78, 5) is 23.8. The minimum Gasteiger partial charge on any atom is -0.362 e. The van der Waals surface area contributed by atoms with Gasteiger partial charge in [0.05, 0.1) is 12.2 Å². The first kappa shape index (κ1) is 14.8.